The number of aryl methyl sites for hydroxylation is 1. The number of hydrogen-bond acceptors (Lipinski definition) is 6. The Hall–Kier alpha value is -2.21. The average Bonchev–Trinajstić information content (AvgIpc) is 3.01. The molecule has 1 aliphatic rings. The molecule has 7 nitrogen and oxygen atoms in total. The molecule has 1 aromatic carbocycles. The summed E-state index contributed by atoms with van der Waals surface area (Å²) in [6.07, 6.45) is 0. The number of nitriles is 1. The summed E-state index contributed by atoms with van der Waals surface area (Å²) in [6, 6.07) is 9.07. The monoisotopic (exact) mass is 333 g/mol. The fourth-order valence-corrected chi connectivity index (χ4v) is 3.66. The number of hydrogen-bond donors (Lipinski definition) is 0. The van der Waals surface area contributed by atoms with Crippen molar-refractivity contribution in [2.75, 3.05) is 26.3 Å². The first kappa shape index (κ1) is 15.7. The van der Waals surface area contributed by atoms with Gasteiger partial charge >= 0.3 is 0 Å². The van der Waals surface area contributed by atoms with Crippen LogP contribution in [0.2, 0.25) is 0 Å². The SMILES string of the molecule is Cc1ccc(-c2nc(C#N)c(S(=O)(=O)N3CCOCC3)o2)cc1. The van der Waals surface area contributed by atoms with Gasteiger partial charge in [-0.2, -0.15) is 14.6 Å². The van der Waals surface area contributed by atoms with Crippen molar-refractivity contribution in [3.63, 3.8) is 0 Å². The van der Waals surface area contributed by atoms with E-state index in [-0.39, 0.29) is 24.7 Å². The molecule has 1 aromatic heterocycles. The van der Waals surface area contributed by atoms with Crippen LogP contribution in [-0.4, -0.2) is 44.0 Å². The third kappa shape index (κ3) is 2.99. The van der Waals surface area contributed by atoms with Crippen LogP contribution in [0.4, 0.5) is 0 Å². The van der Waals surface area contributed by atoms with Crippen molar-refractivity contribution >= 4 is 10.0 Å². The Morgan fingerprint density at radius 1 is 1.22 bits per heavy atom. The van der Waals surface area contributed by atoms with Crippen molar-refractivity contribution in [2.24, 2.45) is 0 Å². The average molecular weight is 333 g/mol. The number of sulfonamides is 1. The molecule has 1 fully saturated rings. The molecule has 8 heteroatoms. The van der Waals surface area contributed by atoms with Crippen LogP contribution in [0.5, 0.6) is 0 Å². The molecule has 0 saturated carbocycles. The summed E-state index contributed by atoms with van der Waals surface area (Å²) < 4.78 is 37.2. The fraction of sp³-hybridized carbons (Fsp3) is 0.333. The van der Waals surface area contributed by atoms with Crippen molar-refractivity contribution in [2.45, 2.75) is 12.0 Å². The van der Waals surface area contributed by atoms with Gasteiger partial charge in [-0.15, -0.1) is 0 Å². The summed E-state index contributed by atoms with van der Waals surface area (Å²) in [6.45, 7) is 3.04. The predicted molar refractivity (Wildman–Crippen MR) is 81.0 cm³/mol. The Morgan fingerprint density at radius 3 is 2.48 bits per heavy atom. The minimum Gasteiger partial charge on any atom is -0.422 e. The molecule has 0 radical (unpaired) electrons. The third-order valence-electron chi connectivity index (χ3n) is 3.54. The van der Waals surface area contributed by atoms with E-state index in [1.165, 1.54) is 4.31 Å². The zero-order valence-electron chi connectivity index (χ0n) is 12.5. The van der Waals surface area contributed by atoms with E-state index in [2.05, 4.69) is 4.98 Å². The lowest BCUT2D eigenvalue weighted by atomic mass is 10.1. The van der Waals surface area contributed by atoms with Gasteiger partial charge < -0.3 is 9.15 Å². The van der Waals surface area contributed by atoms with Gasteiger partial charge in [0.2, 0.25) is 5.89 Å². The van der Waals surface area contributed by atoms with E-state index in [1.54, 1.807) is 18.2 Å². The molecule has 0 spiro atoms. The molecule has 0 bridgehead atoms. The lowest BCUT2D eigenvalue weighted by molar-refractivity contribution is 0.0724. The summed E-state index contributed by atoms with van der Waals surface area (Å²) in [7, 11) is -3.90. The number of aromatic nitrogens is 1. The minimum absolute atomic E-state index is 0.119. The molecule has 2 aromatic rings. The second-order valence-electron chi connectivity index (χ2n) is 5.15. The molecule has 1 aliphatic heterocycles. The summed E-state index contributed by atoms with van der Waals surface area (Å²) >= 11 is 0. The van der Waals surface area contributed by atoms with Crippen molar-refractivity contribution in [1.82, 2.24) is 9.29 Å². The van der Waals surface area contributed by atoms with Crippen LogP contribution in [0.1, 0.15) is 11.3 Å². The summed E-state index contributed by atoms with van der Waals surface area (Å²) in [5, 5.41) is 8.80. The number of ether oxygens (including phenoxy) is 1. The second kappa shape index (κ2) is 6.12. The molecule has 0 amide bonds. The van der Waals surface area contributed by atoms with Gasteiger partial charge in [-0.1, -0.05) is 17.7 Å². The van der Waals surface area contributed by atoms with Crippen LogP contribution >= 0.6 is 0 Å². The van der Waals surface area contributed by atoms with Gasteiger partial charge in [-0.25, -0.2) is 8.42 Å². The highest BCUT2D eigenvalue weighted by molar-refractivity contribution is 7.89. The van der Waals surface area contributed by atoms with Gasteiger partial charge in [0.1, 0.15) is 6.07 Å². The van der Waals surface area contributed by atoms with Crippen LogP contribution < -0.4 is 0 Å². The number of benzene rings is 1. The quantitative estimate of drug-likeness (QED) is 0.845. The zero-order valence-corrected chi connectivity index (χ0v) is 13.3. The topological polar surface area (TPSA) is 96.4 Å². The Kier molecular flexibility index (Phi) is 4.17. The van der Waals surface area contributed by atoms with E-state index in [4.69, 9.17) is 9.15 Å². The third-order valence-corrected chi connectivity index (χ3v) is 5.33. The number of morpholine rings is 1. The van der Waals surface area contributed by atoms with Gasteiger partial charge in [0.15, 0.2) is 5.69 Å². The maximum Gasteiger partial charge on any atom is 0.279 e. The highest BCUT2D eigenvalue weighted by Gasteiger charge is 2.33. The smallest absolute Gasteiger partial charge is 0.279 e. The van der Waals surface area contributed by atoms with Gasteiger partial charge in [0, 0.05) is 18.7 Å². The number of rotatable bonds is 3. The van der Waals surface area contributed by atoms with Crippen molar-refractivity contribution < 1.29 is 17.6 Å². The fourth-order valence-electron chi connectivity index (χ4n) is 2.28. The highest BCUT2D eigenvalue weighted by Crippen LogP contribution is 2.27. The standard InChI is InChI=1S/C15H15N3O4S/c1-11-2-4-12(5-3-11)14-17-13(10-16)15(22-14)23(19,20)18-6-8-21-9-7-18/h2-5H,6-9H2,1H3. The van der Waals surface area contributed by atoms with Crippen molar-refractivity contribution in [1.29, 1.82) is 5.26 Å². The largest absolute Gasteiger partial charge is 0.422 e. The maximum absolute atomic E-state index is 12.7. The van der Waals surface area contributed by atoms with Crippen LogP contribution in [0.3, 0.4) is 0 Å². The molecule has 0 N–H and O–H groups in total. The zero-order chi connectivity index (χ0) is 16.4. The van der Waals surface area contributed by atoms with Gasteiger partial charge in [-0.05, 0) is 19.1 Å². The highest BCUT2D eigenvalue weighted by atomic mass is 32.2. The van der Waals surface area contributed by atoms with Crippen molar-refractivity contribution in [3.05, 3.63) is 35.5 Å². The Morgan fingerprint density at radius 2 is 1.87 bits per heavy atom. The summed E-state index contributed by atoms with van der Waals surface area (Å²) in [4.78, 5) is 4.02. The van der Waals surface area contributed by atoms with Crippen LogP contribution in [0.25, 0.3) is 11.5 Å². The van der Waals surface area contributed by atoms with E-state index in [0.717, 1.165) is 5.56 Å². The van der Waals surface area contributed by atoms with E-state index < -0.39 is 15.1 Å². The van der Waals surface area contributed by atoms with Gasteiger partial charge in [0.25, 0.3) is 15.1 Å². The van der Waals surface area contributed by atoms with E-state index in [9.17, 15) is 13.7 Å². The Labute approximate surface area is 134 Å². The lowest BCUT2D eigenvalue weighted by Gasteiger charge is -2.24. The lowest BCUT2D eigenvalue weighted by Crippen LogP contribution is -2.40. The summed E-state index contributed by atoms with van der Waals surface area (Å²) in [5.41, 5.74) is 1.45. The normalized spacial score (nSPS) is 16.2. The van der Waals surface area contributed by atoms with E-state index in [1.807, 2.05) is 19.1 Å². The molecular formula is C15H15N3O4S. The number of nitrogens with zero attached hydrogens (tertiary/aromatic N) is 3. The predicted octanol–water partition coefficient (Wildman–Crippen LogP) is 1.54. The summed E-state index contributed by atoms with van der Waals surface area (Å²) in [5.74, 6) is 0.119. The molecule has 0 atom stereocenters. The van der Waals surface area contributed by atoms with E-state index in [0.29, 0.717) is 18.8 Å². The maximum atomic E-state index is 12.7. The van der Waals surface area contributed by atoms with Crippen LogP contribution in [0, 0.1) is 18.3 Å². The molecule has 1 saturated heterocycles. The molecule has 3 rings (SSSR count). The first-order valence-corrected chi connectivity index (χ1v) is 8.52. The van der Waals surface area contributed by atoms with Gasteiger partial charge in [0.05, 0.1) is 13.2 Å². The first-order chi connectivity index (χ1) is 11.0. The first-order valence-electron chi connectivity index (χ1n) is 7.08. The molecule has 0 unspecified atom stereocenters. The Balaban J connectivity index is 2.02. The van der Waals surface area contributed by atoms with E-state index >= 15 is 0 Å². The number of oxazole rings is 1. The van der Waals surface area contributed by atoms with Crippen LogP contribution in [-0.2, 0) is 14.8 Å². The Bertz CT molecular complexity index is 844. The minimum atomic E-state index is -3.90. The molecule has 120 valence electrons. The second-order valence-corrected chi connectivity index (χ2v) is 6.99. The molecule has 2 heterocycles. The van der Waals surface area contributed by atoms with Gasteiger partial charge in [-0.3, -0.25) is 0 Å². The molecular weight excluding hydrogens is 318 g/mol. The van der Waals surface area contributed by atoms with Crippen molar-refractivity contribution in [3.8, 4) is 17.5 Å². The van der Waals surface area contributed by atoms with Crippen LogP contribution in [0.15, 0.2) is 33.8 Å². The molecule has 0 aliphatic carbocycles. The molecule has 23 heavy (non-hydrogen) atoms.